The van der Waals surface area contributed by atoms with Gasteiger partial charge in [0.15, 0.2) is 0 Å². The first-order valence-electron chi connectivity index (χ1n) is 6.51. The second-order valence-corrected chi connectivity index (χ2v) is 4.54. The smallest absolute Gasteiger partial charge is 0.251 e. The SMILES string of the molecule is Cl.N#Cc1ccc(C(=O)NCCN2CCNCC2)cc1. The number of hydrogen-bond donors (Lipinski definition) is 2. The third-order valence-corrected chi connectivity index (χ3v) is 3.20. The molecule has 1 heterocycles. The molecule has 0 aromatic heterocycles. The lowest BCUT2D eigenvalue weighted by atomic mass is 10.1. The van der Waals surface area contributed by atoms with Crippen molar-refractivity contribution in [1.82, 2.24) is 15.5 Å². The normalized spacial score (nSPS) is 14.9. The molecule has 1 amide bonds. The Balaban J connectivity index is 0.00000200. The van der Waals surface area contributed by atoms with Crippen molar-refractivity contribution in [2.45, 2.75) is 0 Å². The Hall–Kier alpha value is -1.61. The van der Waals surface area contributed by atoms with Crippen molar-refractivity contribution in [3.63, 3.8) is 0 Å². The van der Waals surface area contributed by atoms with E-state index in [4.69, 9.17) is 5.26 Å². The number of nitriles is 1. The third kappa shape index (κ3) is 4.82. The van der Waals surface area contributed by atoms with Gasteiger partial charge in [-0.1, -0.05) is 0 Å². The van der Waals surface area contributed by atoms with Crippen molar-refractivity contribution in [1.29, 1.82) is 5.26 Å². The second kappa shape index (κ2) is 8.54. The molecule has 0 spiro atoms. The van der Waals surface area contributed by atoms with Crippen LogP contribution in [0.15, 0.2) is 24.3 Å². The van der Waals surface area contributed by atoms with Crippen LogP contribution in [-0.2, 0) is 0 Å². The first-order chi connectivity index (χ1) is 9.29. The molecular weight excluding hydrogens is 276 g/mol. The summed E-state index contributed by atoms with van der Waals surface area (Å²) in [6, 6.07) is 8.71. The number of nitrogens with zero attached hydrogens (tertiary/aromatic N) is 2. The first kappa shape index (κ1) is 16.4. The average Bonchev–Trinajstić information content (AvgIpc) is 2.48. The number of halogens is 1. The number of carbonyl (C=O) groups is 1. The number of amides is 1. The molecule has 0 radical (unpaired) electrons. The van der Waals surface area contributed by atoms with Gasteiger partial charge in [-0.25, -0.2) is 0 Å². The Bertz CT molecular complexity index is 463. The van der Waals surface area contributed by atoms with Gasteiger partial charge < -0.3 is 10.6 Å². The molecule has 1 fully saturated rings. The third-order valence-electron chi connectivity index (χ3n) is 3.20. The fourth-order valence-corrected chi connectivity index (χ4v) is 2.06. The van der Waals surface area contributed by atoms with Gasteiger partial charge in [0.2, 0.25) is 0 Å². The minimum atomic E-state index is -0.0837. The van der Waals surface area contributed by atoms with E-state index in [9.17, 15) is 4.79 Å². The quantitative estimate of drug-likeness (QED) is 0.854. The molecule has 1 aromatic carbocycles. The lowest BCUT2D eigenvalue weighted by Gasteiger charge is -2.27. The van der Waals surface area contributed by atoms with E-state index in [2.05, 4.69) is 15.5 Å². The van der Waals surface area contributed by atoms with Crippen molar-refractivity contribution < 1.29 is 4.79 Å². The predicted octanol–water partition coefficient (Wildman–Crippen LogP) is 0.615. The molecular formula is C14H19ClN4O. The van der Waals surface area contributed by atoms with E-state index in [1.165, 1.54) is 0 Å². The topological polar surface area (TPSA) is 68.2 Å². The van der Waals surface area contributed by atoms with Crippen molar-refractivity contribution in [2.24, 2.45) is 0 Å². The number of hydrogen-bond acceptors (Lipinski definition) is 4. The zero-order valence-corrected chi connectivity index (χ0v) is 12.1. The van der Waals surface area contributed by atoms with Gasteiger partial charge in [0.1, 0.15) is 0 Å². The van der Waals surface area contributed by atoms with Crippen molar-refractivity contribution in [2.75, 3.05) is 39.3 Å². The summed E-state index contributed by atoms with van der Waals surface area (Å²) in [7, 11) is 0. The van der Waals surface area contributed by atoms with E-state index in [-0.39, 0.29) is 18.3 Å². The molecule has 1 aliphatic heterocycles. The summed E-state index contributed by atoms with van der Waals surface area (Å²) < 4.78 is 0. The fourth-order valence-electron chi connectivity index (χ4n) is 2.06. The van der Waals surface area contributed by atoms with Gasteiger partial charge in [0.25, 0.3) is 5.91 Å². The lowest BCUT2D eigenvalue weighted by Crippen LogP contribution is -2.46. The minimum Gasteiger partial charge on any atom is -0.351 e. The van der Waals surface area contributed by atoms with Gasteiger partial charge in [-0.3, -0.25) is 9.69 Å². The van der Waals surface area contributed by atoms with Gasteiger partial charge in [-0.05, 0) is 24.3 Å². The van der Waals surface area contributed by atoms with Crippen LogP contribution in [0.5, 0.6) is 0 Å². The molecule has 2 rings (SSSR count). The summed E-state index contributed by atoms with van der Waals surface area (Å²) in [5.41, 5.74) is 1.16. The minimum absolute atomic E-state index is 0. The summed E-state index contributed by atoms with van der Waals surface area (Å²) in [4.78, 5) is 14.2. The molecule has 6 heteroatoms. The molecule has 20 heavy (non-hydrogen) atoms. The van der Waals surface area contributed by atoms with Gasteiger partial charge >= 0.3 is 0 Å². The van der Waals surface area contributed by atoms with Crippen LogP contribution < -0.4 is 10.6 Å². The van der Waals surface area contributed by atoms with Gasteiger partial charge in [-0.15, -0.1) is 12.4 Å². The Labute approximate surface area is 125 Å². The number of benzene rings is 1. The molecule has 1 aromatic rings. The van der Waals surface area contributed by atoms with Crippen LogP contribution in [0.3, 0.4) is 0 Å². The Morgan fingerprint density at radius 2 is 1.95 bits per heavy atom. The maximum atomic E-state index is 11.9. The van der Waals surface area contributed by atoms with Crippen LogP contribution in [0, 0.1) is 11.3 Å². The Morgan fingerprint density at radius 1 is 1.30 bits per heavy atom. The summed E-state index contributed by atoms with van der Waals surface area (Å²) in [6.07, 6.45) is 0. The lowest BCUT2D eigenvalue weighted by molar-refractivity contribution is 0.0947. The molecule has 0 bridgehead atoms. The van der Waals surface area contributed by atoms with Gasteiger partial charge in [0, 0.05) is 44.8 Å². The van der Waals surface area contributed by atoms with E-state index in [0.717, 1.165) is 32.7 Å². The number of piperazine rings is 1. The van der Waals surface area contributed by atoms with Gasteiger partial charge in [0.05, 0.1) is 11.6 Å². The summed E-state index contributed by atoms with van der Waals surface area (Å²) in [6.45, 7) is 5.63. The molecule has 108 valence electrons. The zero-order chi connectivity index (χ0) is 13.5. The van der Waals surface area contributed by atoms with E-state index >= 15 is 0 Å². The first-order valence-corrected chi connectivity index (χ1v) is 6.51. The summed E-state index contributed by atoms with van der Waals surface area (Å²) in [5, 5.41) is 14.9. The molecule has 1 aliphatic rings. The van der Waals surface area contributed by atoms with E-state index < -0.39 is 0 Å². The fraction of sp³-hybridized carbons (Fsp3) is 0.429. The standard InChI is InChI=1S/C14H18N4O.ClH/c15-11-12-1-3-13(4-2-12)14(19)17-7-10-18-8-5-16-6-9-18;/h1-4,16H,5-10H2,(H,17,19);1H. The number of carbonyl (C=O) groups excluding carboxylic acids is 1. The number of nitrogens with one attached hydrogen (secondary N) is 2. The van der Waals surface area contributed by atoms with Crippen molar-refractivity contribution in [3.8, 4) is 6.07 Å². The van der Waals surface area contributed by atoms with Crippen LogP contribution >= 0.6 is 12.4 Å². The Morgan fingerprint density at radius 3 is 2.55 bits per heavy atom. The second-order valence-electron chi connectivity index (χ2n) is 4.54. The zero-order valence-electron chi connectivity index (χ0n) is 11.3. The predicted molar refractivity (Wildman–Crippen MR) is 80.0 cm³/mol. The van der Waals surface area contributed by atoms with E-state index in [1.807, 2.05) is 6.07 Å². The highest BCUT2D eigenvalue weighted by atomic mass is 35.5. The molecule has 0 unspecified atom stereocenters. The van der Waals surface area contributed by atoms with Crippen LogP contribution in [-0.4, -0.2) is 50.1 Å². The largest absolute Gasteiger partial charge is 0.351 e. The summed E-state index contributed by atoms with van der Waals surface area (Å²) in [5.74, 6) is -0.0837. The number of rotatable bonds is 4. The highest BCUT2D eigenvalue weighted by Gasteiger charge is 2.10. The monoisotopic (exact) mass is 294 g/mol. The van der Waals surface area contributed by atoms with E-state index in [0.29, 0.717) is 17.7 Å². The summed E-state index contributed by atoms with van der Waals surface area (Å²) >= 11 is 0. The Kier molecular flexibility index (Phi) is 7.02. The average molecular weight is 295 g/mol. The van der Waals surface area contributed by atoms with Crippen molar-refractivity contribution >= 4 is 18.3 Å². The molecule has 2 N–H and O–H groups in total. The van der Waals surface area contributed by atoms with Crippen LogP contribution in [0.1, 0.15) is 15.9 Å². The van der Waals surface area contributed by atoms with Gasteiger partial charge in [-0.2, -0.15) is 5.26 Å². The highest BCUT2D eigenvalue weighted by molar-refractivity contribution is 5.94. The van der Waals surface area contributed by atoms with Crippen LogP contribution in [0.4, 0.5) is 0 Å². The highest BCUT2D eigenvalue weighted by Crippen LogP contribution is 2.03. The molecule has 1 saturated heterocycles. The van der Waals surface area contributed by atoms with Crippen LogP contribution in [0.25, 0.3) is 0 Å². The van der Waals surface area contributed by atoms with Crippen LogP contribution in [0.2, 0.25) is 0 Å². The molecule has 0 saturated carbocycles. The maximum Gasteiger partial charge on any atom is 0.251 e. The van der Waals surface area contributed by atoms with Crippen molar-refractivity contribution in [3.05, 3.63) is 35.4 Å². The maximum absolute atomic E-state index is 11.9. The van der Waals surface area contributed by atoms with E-state index in [1.54, 1.807) is 24.3 Å². The molecule has 5 nitrogen and oxygen atoms in total. The molecule has 0 aliphatic carbocycles. The molecule has 0 atom stereocenters.